The van der Waals surface area contributed by atoms with Gasteiger partial charge in [-0.3, -0.25) is 14.2 Å². The third kappa shape index (κ3) is 2.84. The lowest BCUT2D eigenvalue weighted by Gasteiger charge is -2.08. The van der Waals surface area contributed by atoms with E-state index in [0.717, 1.165) is 0 Å². The number of hydrogen-bond donors (Lipinski definition) is 2. The lowest BCUT2D eigenvalue weighted by atomic mass is 10.2. The van der Waals surface area contributed by atoms with Gasteiger partial charge in [-0.2, -0.15) is 0 Å². The molecule has 2 heterocycles. The van der Waals surface area contributed by atoms with Crippen LogP contribution in [0.5, 0.6) is 0 Å². The number of nitrogens with zero attached hydrogens (tertiary/aromatic N) is 1. The minimum absolute atomic E-state index is 0.139. The summed E-state index contributed by atoms with van der Waals surface area (Å²) in [4.78, 5) is 27.3. The van der Waals surface area contributed by atoms with Crippen LogP contribution in [0.15, 0.2) is 51.9 Å². The van der Waals surface area contributed by atoms with Crippen LogP contribution in [0.2, 0.25) is 0 Å². The molecule has 0 saturated heterocycles. The molecule has 0 aliphatic carbocycles. The molecule has 6 nitrogen and oxygen atoms in total. The second-order valence-electron chi connectivity index (χ2n) is 4.72. The second kappa shape index (κ2) is 5.98. The van der Waals surface area contributed by atoms with Gasteiger partial charge in [0.2, 0.25) is 5.91 Å². The fraction of sp³-hybridized carbons (Fsp3) is 0.133. The lowest BCUT2D eigenvalue weighted by Crippen LogP contribution is -2.32. The van der Waals surface area contributed by atoms with Crippen molar-refractivity contribution in [2.24, 2.45) is 0 Å². The molecule has 3 rings (SSSR count). The number of amides is 1. The number of benzene rings is 1. The smallest absolute Gasteiger partial charge is 0.262 e. The molecular formula is C15H13N3O3S. The van der Waals surface area contributed by atoms with Crippen molar-refractivity contribution >= 4 is 29.0 Å². The van der Waals surface area contributed by atoms with Gasteiger partial charge in [0.15, 0.2) is 4.77 Å². The maximum absolute atomic E-state index is 12.4. The number of aromatic nitrogens is 2. The molecule has 2 aromatic heterocycles. The molecule has 0 spiro atoms. The number of fused-ring (bicyclic) bond motifs is 1. The predicted molar refractivity (Wildman–Crippen MR) is 83.9 cm³/mol. The first-order valence-electron chi connectivity index (χ1n) is 6.66. The van der Waals surface area contributed by atoms with Crippen LogP contribution in [-0.2, 0) is 17.9 Å². The highest BCUT2D eigenvalue weighted by molar-refractivity contribution is 7.71. The first-order chi connectivity index (χ1) is 10.6. The minimum atomic E-state index is -0.312. The molecule has 112 valence electrons. The van der Waals surface area contributed by atoms with Crippen molar-refractivity contribution in [3.8, 4) is 0 Å². The van der Waals surface area contributed by atoms with Crippen LogP contribution < -0.4 is 10.9 Å². The van der Waals surface area contributed by atoms with E-state index >= 15 is 0 Å². The highest BCUT2D eigenvalue weighted by Crippen LogP contribution is 2.05. The van der Waals surface area contributed by atoms with Gasteiger partial charge in [0, 0.05) is 0 Å². The Morgan fingerprint density at radius 3 is 2.86 bits per heavy atom. The average molecular weight is 315 g/mol. The maximum atomic E-state index is 12.4. The zero-order chi connectivity index (χ0) is 15.5. The molecule has 3 aromatic rings. The molecule has 0 aliphatic rings. The molecule has 7 heteroatoms. The molecule has 0 unspecified atom stereocenters. The third-order valence-electron chi connectivity index (χ3n) is 3.23. The van der Waals surface area contributed by atoms with Crippen molar-refractivity contribution in [3.63, 3.8) is 0 Å². The van der Waals surface area contributed by atoms with Gasteiger partial charge in [-0.25, -0.2) is 0 Å². The topological polar surface area (TPSA) is 80.0 Å². The summed E-state index contributed by atoms with van der Waals surface area (Å²) in [6.45, 7) is 0.129. The van der Waals surface area contributed by atoms with Crippen LogP contribution >= 0.6 is 12.2 Å². The monoisotopic (exact) mass is 315 g/mol. The number of rotatable bonds is 4. The molecule has 0 aliphatic heterocycles. The van der Waals surface area contributed by atoms with Crippen LogP contribution in [0.25, 0.3) is 10.9 Å². The fourth-order valence-corrected chi connectivity index (χ4v) is 2.40. The number of aromatic amines is 1. The van der Waals surface area contributed by atoms with Crippen molar-refractivity contribution in [2.75, 3.05) is 0 Å². The highest BCUT2D eigenvalue weighted by Gasteiger charge is 2.09. The Balaban J connectivity index is 1.83. The Kier molecular flexibility index (Phi) is 3.88. The number of H-pyrrole nitrogens is 1. The van der Waals surface area contributed by atoms with Gasteiger partial charge >= 0.3 is 0 Å². The average Bonchev–Trinajstić information content (AvgIpc) is 3.03. The van der Waals surface area contributed by atoms with E-state index in [-0.39, 0.29) is 29.3 Å². The zero-order valence-electron chi connectivity index (χ0n) is 11.5. The molecule has 0 fully saturated rings. The Bertz CT molecular complexity index is 925. The summed E-state index contributed by atoms with van der Waals surface area (Å²) in [6.07, 6.45) is 1.53. The van der Waals surface area contributed by atoms with Gasteiger partial charge in [0.1, 0.15) is 12.3 Å². The summed E-state index contributed by atoms with van der Waals surface area (Å²) >= 11 is 5.16. The Morgan fingerprint density at radius 2 is 2.09 bits per heavy atom. The standard InChI is InChI=1S/C15H13N3O3S/c19-13(16-8-10-4-3-7-21-10)9-18-14(20)11-5-1-2-6-12(11)17-15(18)22/h1-7H,8-9H2,(H,16,19)(H,17,22). The Labute approximate surface area is 130 Å². The van der Waals surface area contributed by atoms with E-state index in [1.807, 2.05) is 6.07 Å². The Hall–Kier alpha value is -2.67. The summed E-state index contributed by atoms with van der Waals surface area (Å²) < 4.78 is 6.59. The summed E-state index contributed by atoms with van der Waals surface area (Å²) in [6, 6.07) is 10.5. The van der Waals surface area contributed by atoms with Gasteiger partial charge in [0.25, 0.3) is 5.56 Å². The SMILES string of the molecule is O=C(Cn1c(=S)[nH]c2ccccc2c1=O)NCc1ccco1. The normalized spacial score (nSPS) is 10.7. The molecule has 1 aromatic carbocycles. The van der Waals surface area contributed by atoms with Crippen molar-refractivity contribution in [2.45, 2.75) is 13.1 Å². The molecule has 22 heavy (non-hydrogen) atoms. The van der Waals surface area contributed by atoms with Crippen LogP contribution in [0, 0.1) is 4.77 Å². The van der Waals surface area contributed by atoms with E-state index in [0.29, 0.717) is 16.7 Å². The number of hydrogen-bond acceptors (Lipinski definition) is 4. The van der Waals surface area contributed by atoms with E-state index in [1.165, 1.54) is 10.8 Å². The zero-order valence-corrected chi connectivity index (χ0v) is 12.4. The number of furan rings is 1. The van der Waals surface area contributed by atoms with E-state index in [9.17, 15) is 9.59 Å². The van der Waals surface area contributed by atoms with Gasteiger partial charge in [-0.1, -0.05) is 12.1 Å². The van der Waals surface area contributed by atoms with Crippen molar-refractivity contribution in [1.29, 1.82) is 0 Å². The van der Waals surface area contributed by atoms with Crippen LogP contribution in [0.1, 0.15) is 5.76 Å². The minimum Gasteiger partial charge on any atom is -0.467 e. The van der Waals surface area contributed by atoms with Crippen LogP contribution in [0.3, 0.4) is 0 Å². The summed E-state index contributed by atoms with van der Waals surface area (Å²) in [5.41, 5.74) is 0.372. The molecule has 0 atom stereocenters. The van der Waals surface area contributed by atoms with Gasteiger partial charge in [-0.05, 0) is 36.5 Å². The first-order valence-corrected chi connectivity index (χ1v) is 7.07. The largest absolute Gasteiger partial charge is 0.467 e. The highest BCUT2D eigenvalue weighted by atomic mass is 32.1. The third-order valence-corrected chi connectivity index (χ3v) is 3.55. The number of carbonyl (C=O) groups excluding carboxylic acids is 1. The van der Waals surface area contributed by atoms with Gasteiger partial charge < -0.3 is 14.7 Å². The molecule has 1 amide bonds. The lowest BCUT2D eigenvalue weighted by molar-refractivity contribution is -0.122. The number of para-hydroxylation sites is 1. The van der Waals surface area contributed by atoms with Crippen molar-refractivity contribution in [3.05, 3.63) is 63.5 Å². The van der Waals surface area contributed by atoms with E-state index < -0.39 is 0 Å². The molecular weight excluding hydrogens is 302 g/mol. The fourth-order valence-electron chi connectivity index (χ4n) is 2.14. The number of carbonyl (C=O) groups is 1. The van der Waals surface area contributed by atoms with Crippen molar-refractivity contribution in [1.82, 2.24) is 14.9 Å². The van der Waals surface area contributed by atoms with E-state index in [2.05, 4.69) is 10.3 Å². The summed E-state index contributed by atoms with van der Waals surface area (Å²) in [7, 11) is 0. The molecule has 0 radical (unpaired) electrons. The van der Waals surface area contributed by atoms with Crippen LogP contribution in [-0.4, -0.2) is 15.5 Å². The quantitative estimate of drug-likeness (QED) is 0.721. The van der Waals surface area contributed by atoms with Crippen LogP contribution in [0.4, 0.5) is 0 Å². The number of nitrogens with one attached hydrogen (secondary N) is 2. The molecule has 0 bridgehead atoms. The Morgan fingerprint density at radius 1 is 1.27 bits per heavy atom. The molecule has 0 saturated carbocycles. The maximum Gasteiger partial charge on any atom is 0.262 e. The van der Waals surface area contributed by atoms with Gasteiger partial charge in [0.05, 0.1) is 23.7 Å². The molecule has 2 N–H and O–H groups in total. The first kappa shape index (κ1) is 14.3. The summed E-state index contributed by atoms with van der Waals surface area (Å²) in [5, 5.41) is 3.18. The van der Waals surface area contributed by atoms with Gasteiger partial charge in [-0.15, -0.1) is 0 Å². The van der Waals surface area contributed by atoms with Crippen molar-refractivity contribution < 1.29 is 9.21 Å². The second-order valence-corrected chi connectivity index (χ2v) is 5.11. The summed E-state index contributed by atoms with van der Waals surface area (Å²) in [5.74, 6) is 0.331. The van der Waals surface area contributed by atoms with E-state index in [4.69, 9.17) is 16.6 Å². The predicted octanol–water partition coefficient (Wildman–Crippen LogP) is 1.97. The van der Waals surface area contributed by atoms with E-state index in [1.54, 1.807) is 30.3 Å².